The molecule has 2 nitrogen and oxygen atoms in total. The van der Waals surface area contributed by atoms with Crippen LogP contribution in [-0.2, 0) is 4.79 Å². The topological polar surface area (TPSA) is 37.3 Å². The maximum Gasteiger partial charge on any atom is 0.303 e. The molecule has 0 fully saturated rings. The zero-order valence-electron chi connectivity index (χ0n) is 4.81. The van der Waals surface area contributed by atoms with Crippen LogP contribution in [0.25, 0.3) is 0 Å². The van der Waals surface area contributed by atoms with Crippen molar-refractivity contribution >= 4 is 29.2 Å². The molecule has 0 aliphatic rings. The van der Waals surface area contributed by atoms with Crippen molar-refractivity contribution < 1.29 is 9.90 Å². The van der Waals surface area contributed by atoms with Crippen molar-refractivity contribution in [2.24, 2.45) is 0 Å². The van der Waals surface area contributed by atoms with Crippen molar-refractivity contribution in [1.29, 1.82) is 0 Å². The van der Waals surface area contributed by atoms with Gasteiger partial charge in [-0.2, -0.15) is 0 Å². The van der Waals surface area contributed by atoms with Crippen LogP contribution in [0.1, 0.15) is 19.3 Å². The third-order valence-corrected chi connectivity index (χ3v) is 1.25. The molecule has 0 saturated heterocycles. The molecule has 54 valence electrons. The predicted molar refractivity (Wildman–Crippen MR) is 37.0 cm³/mol. The lowest BCUT2D eigenvalue weighted by atomic mass is 10.2. The van der Waals surface area contributed by atoms with Gasteiger partial charge < -0.3 is 5.11 Å². The van der Waals surface area contributed by atoms with Crippen LogP contribution in [0.15, 0.2) is 0 Å². The van der Waals surface area contributed by atoms with E-state index in [-0.39, 0.29) is 6.42 Å². The van der Waals surface area contributed by atoms with Gasteiger partial charge in [0.2, 0.25) is 0 Å². The summed E-state index contributed by atoms with van der Waals surface area (Å²) in [5.74, 6) is -0.802. The van der Waals surface area contributed by atoms with E-state index < -0.39 is 10.8 Å². The molecule has 0 unspecified atom stereocenters. The van der Waals surface area contributed by atoms with E-state index >= 15 is 0 Å². The number of carboxylic acid groups (broad SMARTS) is 1. The Bertz CT molecular complexity index is 93.0. The van der Waals surface area contributed by atoms with Gasteiger partial charge in [0.05, 0.1) is 0 Å². The van der Waals surface area contributed by atoms with Crippen molar-refractivity contribution in [3.8, 4) is 0 Å². The molecule has 0 radical (unpaired) electrons. The third kappa shape index (κ3) is 8.05. The van der Waals surface area contributed by atoms with Gasteiger partial charge in [0.25, 0.3) is 0 Å². The number of rotatable bonds is 4. The molecule has 0 spiro atoms. The maximum absolute atomic E-state index is 9.89. The van der Waals surface area contributed by atoms with Gasteiger partial charge in [-0.15, -0.1) is 23.2 Å². The monoisotopic (exact) mass is 170 g/mol. The third-order valence-electron chi connectivity index (χ3n) is 0.813. The number of hydrogen-bond donors (Lipinski definition) is 1. The van der Waals surface area contributed by atoms with Gasteiger partial charge >= 0.3 is 5.97 Å². The van der Waals surface area contributed by atoms with Crippen LogP contribution in [0.3, 0.4) is 0 Å². The highest BCUT2D eigenvalue weighted by Crippen LogP contribution is 2.10. The van der Waals surface area contributed by atoms with Crippen LogP contribution in [0.5, 0.6) is 0 Å². The highest BCUT2D eigenvalue weighted by molar-refractivity contribution is 6.44. The second kappa shape index (κ2) is 4.89. The molecular weight excluding hydrogens is 163 g/mol. The maximum atomic E-state index is 9.89. The summed E-state index contributed by atoms with van der Waals surface area (Å²) in [6.07, 6.45) is 1.25. The lowest BCUT2D eigenvalue weighted by Gasteiger charge is -1.95. The number of carbonyl (C=O) groups is 1. The zero-order chi connectivity index (χ0) is 7.28. The van der Waals surface area contributed by atoms with Gasteiger partial charge in [-0.3, -0.25) is 4.79 Å². The Hall–Kier alpha value is 0.0500. The Morgan fingerprint density at radius 3 is 2.44 bits per heavy atom. The molecule has 0 heterocycles. The van der Waals surface area contributed by atoms with E-state index in [4.69, 9.17) is 28.3 Å². The molecule has 0 rings (SSSR count). The molecule has 9 heavy (non-hydrogen) atoms. The average Bonchev–Trinajstić information content (AvgIpc) is 1.63. The first kappa shape index (κ1) is 9.05. The summed E-state index contributed by atoms with van der Waals surface area (Å²) in [4.78, 5) is 9.47. The summed E-state index contributed by atoms with van der Waals surface area (Å²) < 4.78 is 0. The van der Waals surface area contributed by atoms with Crippen molar-refractivity contribution in [3.05, 3.63) is 0 Å². The fraction of sp³-hybridized carbons (Fsp3) is 0.800. The Morgan fingerprint density at radius 2 is 2.11 bits per heavy atom. The number of carboxylic acids is 1. The zero-order valence-corrected chi connectivity index (χ0v) is 6.32. The Kier molecular flexibility index (Phi) is 4.91. The van der Waals surface area contributed by atoms with Crippen LogP contribution < -0.4 is 0 Å². The van der Waals surface area contributed by atoms with Gasteiger partial charge in [-0.05, 0) is 12.8 Å². The summed E-state index contributed by atoms with van der Waals surface area (Å²) >= 11 is 10.7. The summed E-state index contributed by atoms with van der Waals surface area (Å²) in [5.41, 5.74) is 0. The van der Waals surface area contributed by atoms with E-state index in [0.29, 0.717) is 12.8 Å². The number of halogens is 2. The first-order valence-corrected chi connectivity index (χ1v) is 3.50. The minimum atomic E-state index is -0.802. The number of alkyl halides is 2. The predicted octanol–water partition coefficient (Wildman–Crippen LogP) is 2.04. The van der Waals surface area contributed by atoms with Crippen LogP contribution in [0.2, 0.25) is 0 Å². The fourth-order valence-electron chi connectivity index (χ4n) is 0.408. The largest absolute Gasteiger partial charge is 0.481 e. The Morgan fingerprint density at radius 1 is 1.56 bits per heavy atom. The first-order valence-electron chi connectivity index (χ1n) is 2.63. The molecule has 4 heteroatoms. The summed E-state index contributed by atoms with van der Waals surface area (Å²) in [6.45, 7) is 0. The minimum Gasteiger partial charge on any atom is -0.481 e. The summed E-state index contributed by atoms with van der Waals surface area (Å²) in [7, 11) is 0. The van der Waals surface area contributed by atoms with Crippen molar-refractivity contribution in [2.75, 3.05) is 0 Å². The standard InChI is InChI=1S/C5H8Cl2O2/c6-4(7)2-1-3-5(8)9/h4H,1-3H2,(H,8,9). The molecule has 0 atom stereocenters. The molecule has 0 aliphatic carbocycles. The van der Waals surface area contributed by atoms with Gasteiger partial charge in [0.1, 0.15) is 4.84 Å². The molecule has 1 N–H and O–H groups in total. The van der Waals surface area contributed by atoms with E-state index in [0.717, 1.165) is 0 Å². The van der Waals surface area contributed by atoms with E-state index in [9.17, 15) is 4.79 Å². The minimum absolute atomic E-state index is 0.149. The van der Waals surface area contributed by atoms with Crippen molar-refractivity contribution in [3.63, 3.8) is 0 Å². The van der Waals surface area contributed by atoms with Crippen LogP contribution in [0, 0.1) is 0 Å². The van der Waals surface area contributed by atoms with Crippen LogP contribution in [-0.4, -0.2) is 15.9 Å². The smallest absolute Gasteiger partial charge is 0.303 e. The van der Waals surface area contributed by atoms with Crippen molar-refractivity contribution in [1.82, 2.24) is 0 Å². The van der Waals surface area contributed by atoms with Gasteiger partial charge in [0.15, 0.2) is 0 Å². The van der Waals surface area contributed by atoms with Crippen molar-refractivity contribution in [2.45, 2.75) is 24.1 Å². The quantitative estimate of drug-likeness (QED) is 0.657. The molecule has 0 aliphatic heterocycles. The number of hydrogen-bond acceptors (Lipinski definition) is 1. The second-order valence-corrected chi connectivity index (χ2v) is 2.95. The lowest BCUT2D eigenvalue weighted by Crippen LogP contribution is -1.95. The van der Waals surface area contributed by atoms with Crippen LogP contribution in [0.4, 0.5) is 0 Å². The molecule has 0 aromatic heterocycles. The molecular formula is C5H8Cl2O2. The summed E-state index contributed by atoms with van der Waals surface area (Å²) in [6, 6.07) is 0. The molecule has 0 aromatic carbocycles. The van der Waals surface area contributed by atoms with Crippen LogP contribution >= 0.6 is 23.2 Å². The van der Waals surface area contributed by atoms with E-state index in [1.54, 1.807) is 0 Å². The van der Waals surface area contributed by atoms with Gasteiger partial charge in [-0.1, -0.05) is 0 Å². The number of aliphatic carboxylic acids is 1. The fourth-order valence-corrected chi connectivity index (χ4v) is 0.716. The summed E-state index contributed by atoms with van der Waals surface area (Å²) in [5, 5.41) is 8.14. The highest BCUT2D eigenvalue weighted by Gasteiger charge is 2.00. The SMILES string of the molecule is O=C(O)CCCC(Cl)Cl. The van der Waals surface area contributed by atoms with E-state index in [1.807, 2.05) is 0 Å². The highest BCUT2D eigenvalue weighted by atomic mass is 35.5. The first-order chi connectivity index (χ1) is 4.13. The van der Waals surface area contributed by atoms with Gasteiger partial charge in [-0.25, -0.2) is 0 Å². The Labute approximate surface area is 63.8 Å². The average molecular weight is 171 g/mol. The van der Waals surface area contributed by atoms with E-state index in [2.05, 4.69) is 0 Å². The molecule has 0 bridgehead atoms. The molecule has 0 saturated carbocycles. The normalized spacial score (nSPS) is 10.1. The Balaban J connectivity index is 3.01. The molecule has 0 aromatic rings. The molecule has 0 amide bonds. The van der Waals surface area contributed by atoms with E-state index in [1.165, 1.54) is 0 Å². The lowest BCUT2D eigenvalue weighted by molar-refractivity contribution is -0.137. The van der Waals surface area contributed by atoms with Gasteiger partial charge in [0, 0.05) is 6.42 Å². The second-order valence-electron chi connectivity index (χ2n) is 1.68.